The zero-order valence-electron chi connectivity index (χ0n) is 17.4. The molecule has 2 rings (SSSR count). The molecule has 1 aliphatic rings. The van der Waals surface area contributed by atoms with Crippen LogP contribution < -0.4 is 15.5 Å². The Bertz CT molecular complexity index is 602. The van der Waals surface area contributed by atoms with E-state index in [-0.39, 0.29) is 30.1 Å². The summed E-state index contributed by atoms with van der Waals surface area (Å²) in [5.74, 6) is 0.836. The Balaban J connectivity index is 0.00000392. The van der Waals surface area contributed by atoms with Crippen LogP contribution in [0, 0.1) is 0 Å². The molecule has 1 aliphatic heterocycles. The van der Waals surface area contributed by atoms with Gasteiger partial charge in [0.15, 0.2) is 5.96 Å². The molecule has 1 fully saturated rings. The van der Waals surface area contributed by atoms with Crippen molar-refractivity contribution in [3.63, 3.8) is 0 Å². The minimum atomic E-state index is 0. The second-order valence-electron chi connectivity index (χ2n) is 7.18. The largest absolute Gasteiger partial charge is 0.377 e. The van der Waals surface area contributed by atoms with Gasteiger partial charge in [0.25, 0.3) is 0 Å². The number of benzene rings is 1. The fourth-order valence-corrected chi connectivity index (χ4v) is 3.45. The van der Waals surface area contributed by atoms with Crippen LogP contribution >= 0.6 is 35.6 Å². The van der Waals surface area contributed by atoms with Crippen LogP contribution in [0.2, 0.25) is 5.02 Å². The lowest BCUT2D eigenvalue weighted by Crippen LogP contribution is -2.47. The van der Waals surface area contributed by atoms with Crippen molar-refractivity contribution < 1.29 is 4.74 Å². The molecular weight excluding hydrogens is 489 g/mol. The summed E-state index contributed by atoms with van der Waals surface area (Å²) >= 11 is 6.12. The third-order valence-corrected chi connectivity index (χ3v) is 4.96. The fraction of sp³-hybridized carbons (Fsp3) is 0.650. The van der Waals surface area contributed by atoms with Gasteiger partial charge in [0, 0.05) is 56.6 Å². The van der Waals surface area contributed by atoms with Crippen molar-refractivity contribution in [1.82, 2.24) is 15.5 Å². The molecule has 0 spiro atoms. The average Bonchev–Trinajstić information content (AvgIpc) is 3.11. The Kier molecular flexibility index (Phi) is 12.1. The summed E-state index contributed by atoms with van der Waals surface area (Å²) in [4.78, 5) is 8.92. The van der Waals surface area contributed by atoms with Gasteiger partial charge in [-0.3, -0.25) is 4.99 Å². The molecule has 2 N–H and O–H groups in total. The molecule has 1 aromatic rings. The SMILES string of the molecule is CCOC(CCN(C)C)CNC(=NC)NC1CCN(c2cccc(Cl)c2)C1.I. The van der Waals surface area contributed by atoms with E-state index in [1.165, 1.54) is 5.69 Å². The molecule has 6 nitrogen and oxygen atoms in total. The van der Waals surface area contributed by atoms with E-state index in [0.29, 0.717) is 6.04 Å². The van der Waals surface area contributed by atoms with E-state index in [9.17, 15) is 0 Å². The predicted octanol–water partition coefficient (Wildman–Crippen LogP) is 3.06. The highest BCUT2D eigenvalue weighted by atomic mass is 127. The lowest BCUT2D eigenvalue weighted by Gasteiger charge is -2.23. The first-order valence-electron chi connectivity index (χ1n) is 9.75. The van der Waals surface area contributed by atoms with Gasteiger partial charge in [0.2, 0.25) is 0 Å². The van der Waals surface area contributed by atoms with E-state index >= 15 is 0 Å². The van der Waals surface area contributed by atoms with Gasteiger partial charge in [0.1, 0.15) is 0 Å². The van der Waals surface area contributed by atoms with Crippen LogP contribution in [0.25, 0.3) is 0 Å². The maximum absolute atomic E-state index is 6.12. The Morgan fingerprint density at radius 1 is 1.43 bits per heavy atom. The number of anilines is 1. The molecule has 2 unspecified atom stereocenters. The van der Waals surface area contributed by atoms with Crippen LogP contribution in [0.1, 0.15) is 19.8 Å². The van der Waals surface area contributed by atoms with Crippen LogP contribution in [0.15, 0.2) is 29.3 Å². The third kappa shape index (κ3) is 8.71. The Labute approximate surface area is 192 Å². The molecule has 2 atom stereocenters. The Morgan fingerprint density at radius 3 is 2.86 bits per heavy atom. The second kappa shape index (κ2) is 13.5. The molecule has 0 aliphatic carbocycles. The number of nitrogens with one attached hydrogen (secondary N) is 2. The van der Waals surface area contributed by atoms with E-state index in [4.69, 9.17) is 16.3 Å². The monoisotopic (exact) mass is 523 g/mol. The predicted molar refractivity (Wildman–Crippen MR) is 131 cm³/mol. The Hall–Kier alpha value is -0.770. The standard InChI is InChI=1S/C20H34ClN5O.HI/c1-5-27-19(10-11-25(3)4)14-23-20(22-2)24-17-9-12-26(15-17)18-8-6-7-16(21)13-18;/h6-8,13,17,19H,5,9-12,14-15H2,1-4H3,(H2,22,23,24);1H. The molecule has 0 bridgehead atoms. The van der Waals surface area contributed by atoms with Crippen LogP contribution in [0.4, 0.5) is 5.69 Å². The summed E-state index contributed by atoms with van der Waals surface area (Å²) in [6.07, 6.45) is 2.25. The maximum atomic E-state index is 6.12. The minimum Gasteiger partial charge on any atom is -0.377 e. The van der Waals surface area contributed by atoms with Gasteiger partial charge in [-0.15, -0.1) is 24.0 Å². The van der Waals surface area contributed by atoms with E-state index in [2.05, 4.69) is 45.6 Å². The van der Waals surface area contributed by atoms with Crippen molar-refractivity contribution in [1.29, 1.82) is 0 Å². The van der Waals surface area contributed by atoms with Gasteiger partial charge < -0.3 is 25.2 Å². The molecule has 28 heavy (non-hydrogen) atoms. The zero-order valence-corrected chi connectivity index (χ0v) is 20.5. The van der Waals surface area contributed by atoms with Gasteiger partial charge in [0.05, 0.1) is 6.10 Å². The molecule has 0 radical (unpaired) electrons. The third-order valence-electron chi connectivity index (χ3n) is 4.72. The van der Waals surface area contributed by atoms with E-state index in [0.717, 1.165) is 56.6 Å². The summed E-state index contributed by atoms with van der Waals surface area (Å²) in [6, 6.07) is 8.41. The first-order valence-corrected chi connectivity index (χ1v) is 10.1. The van der Waals surface area contributed by atoms with Crippen molar-refractivity contribution in [2.75, 3.05) is 58.8 Å². The number of hydrogen-bond acceptors (Lipinski definition) is 4. The summed E-state index contributed by atoms with van der Waals surface area (Å²) in [5, 5.41) is 7.74. The molecule has 1 saturated heterocycles. The van der Waals surface area contributed by atoms with Crippen molar-refractivity contribution in [2.24, 2.45) is 4.99 Å². The first kappa shape index (κ1) is 25.3. The number of halogens is 2. The van der Waals surface area contributed by atoms with Crippen molar-refractivity contribution in [3.8, 4) is 0 Å². The maximum Gasteiger partial charge on any atom is 0.191 e. The topological polar surface area (TPSA) is 52.1 Å². The number of ether oxygens (including phenoxy) is 1. The highest BCUT2D eigenvalue weighted by molar-refractivity contribution is 14.0. The summed E-state index contributed by atoms with van der Waals surface area (Å²) < 4.78 is 5.85. The lowest BCUT2D eigenvalue weighted by molar-refractivity contribution is 0.0548. The minimum absolute atomic E-state index is 0. The van der Waals surface area contributed by atoms with Crippen molar-refractivity contribution >= 4 is 47.2 Å². The second-order valence-corrected chi connectivity index (χ2v) is 7.61. The Morgan fingerprint density at radius 2 is 2.21 bits per heavy atom. The lowest BCUT2D eigenvalue weighted by atomic mass is 10.2. The van der Waals surface area contributed by atoms with Gasteiger partial charge in [-0.1, -0.05) is 17.7 Å². The molecule has 8 heteroatoms. The summed E-state index contributed by atoms with van der Waals surface area (Å²) in [7, 11) is 5.99. The van der Waals surface area contributed by atoms with Crippen LogP contribution in [0.3, 0.4) is 0 Å². The number of hydrogen-bond donors (Lipinski definition) is 2. The van der Waals surface area contributed by atoms with Gasteiger partial charge in [-0.05, 0) is 52.1 Å². The van der Waals surface area contributed by atoms with E-state index < -0.39 is 0 Å². The number of nitrogens with zero attached hydrogens (tertiary/aromatic N) is 3. The zero-order chi connectivity index (χ0) is 19.6. The molecule has 0 saturated carbocycles. The summed E-state index contributed by atoms with van der Waals surface area (Å²) in [5.41, 5.74) is 1.18. The van der Waals surface area contributed by atoms with E-state index in [1.807, 2.05) is 32.2 Å². The van der Waals surface area contributed by atoms with Gasteiger partial charge >= 0.3 is 0 Å². The quantitative estimate of drug-likeness (QED) is 0.296. The summed E-state index contributed by atoms with van der Waals surface area (Å²) in [6.45, 7) is 6.49. The van der Waals surface area contributed by atoms with Crippen LogP contribution in [-0.4, -0.2) is 76.9 Å². The van der Waals surface area contributed by atoms with Gasteiger partial charge in [-0.2, -0.15) is 0 Å². The highest BCUT2D eigenvalue weighted by Gasteiger charge is 2.23. The fourth-order valence-electron chi connectivity index (χ4n) is 3.27. The number of guanidine groups is 1. The van der Waals surface area contributed by atoms with Crippen LogP contribution in [0.5, 0.6) is 0 Å². The van der Waals surface area contributed by atoms with E-state index in [1.54, 1.807) is 0 Å². The molecule has 1 aromatic carbocycles. The van der Waals surface area contributed by atoms with Crippen LogP contribution in [-0.2, 0) is 4.74 Å². The number of aliphatic imine (C=N–C) groups is 1. The molecule has 0 amide bonds. The highest BCUT2D eigenvalue weighted by Crippen LogP contribution is 2.23. The number of rotatable bonds is 9. The molecular formula is C20H35ClIN5O. The molecule has 160 valence electrons. The normalized spacial score (nSPS) is 18.1. The van der Waals surface area contributed by atoms with Crippen molar-refractivity contribution in [3.05, 3.63) is 29.3 Å². The smallest absolute Gasteiger partial charge is 0.191 e. The first-order chi connectivity index (χ1) is 13.0. The molecule has 1 heterocycles. The van der Waals surface area contributed by atoms with Crippen molar-refractivity contribution in [2.45, 2.75) is 31.9 Å². The average molecular weight is 524 g/mol. The molecule has 0 aromatic heterocycles. The van der Waals surface area contributed by atoms with Gasteiger partial charge in [-0.25, -0.2) is 0 Å².